The molecule has 0 aliphatic carbocycles. The molecule has 8 atom stereocenters. The lowest BCUT2D eigenvalue weighted by molar-refractivity contribution is -0.143. The number of halogens is 3. The van der Waals surface area contributed by atoms with E-state index in [1.165, 1.54) is 23.6 Å². The summed E-state index contributed by atoms with van der Waals surface area (Å²) in [6.45, 7) is 2.26. The number of rotatable bonds is 27. The third-order valence-corrected chi connectivity index (χ3v) is 15.1. The largest absolute Gasteiger partial charge is 0.488 e. The fourth-order valence-electron chi connectivity index (χ4n) is 10.9. The van der Waals surface area contributed by atoms with E-state index < -0.39 is 133 Å². The number of aliphatic carboxylic acids is 1. The number of aliphatic hydroxyl groups excluding tert-OH is 1. The molecule has 0 radical (unpaired) electrons. The van der Waals surface area contributed by atoms with Gasteiger partial charge in [-0.2, -0.15) is 13.2 Å². The summed E-state index contributed by atoms with van der Waals surface area (Å²) in [5.74, 6) is -6.70. The number of carboxylic acids is 1. The van der Waals surface area contributed by atoms with E-state index in [4.69, 9.17) is 5.73 Å². The molecule has 7 rings (SSSR count). The fourth-order valence-corrected chi connectivity index (χ4v) is 10.9. The molecule has 2 fully saturated rings. The number of H-pyrrole nitrogens is 1. The normalized spacial score (nSPS) is 17.9. The van der Waals surface area contributed by atoms with Gasteiger partial charge >= 0.3 is 19.3 Å². The number of fused-ring (bicyclic) bond motifs is 2. The topological polar surface area (TPSA) is 355 Å². The van der Waals surface area contributed by atoms with Crippen LogP contribution in [0.4, 0.5) is 13.2 Å². The van der Waals surface area contributed by atoms with Gasteiger partial charge in [-0.1, -0.05) is 62.4 Å². The fraction of sp³-hybridized carbons (Fsp3) is 0.474. The highest BCUT2D eigenvalue weighted by Crippen LogP contribution is 2.32. The number of nitrogens with two attached hydrogens (primary N) is 1. The summed E-state index contributed by atoms with van der Waals surface area (Å²) in [5.41, 5.74) is 6.58. The zero-order valence-corrected chi connectivity index (χ0v) is 47.6. The molecular weight excluding hydrogens is 1110 g/mol. The van der Waals surface area contributed by atoms with Crippen LogP contribution in [0, 0.1) is 5.92 Å². The number of hydrogen-bond acceptors (Lipinski definition) is 14. The van der Waals surface area contributed by atoms with Crippen LogP contribution in [0.15, 0.2) is 79.1 Å². The number of nitrogens with zero attached hydrogens (tertiary/aromatic N) is 3. The maximum Gasteiger partial charge on any atom is 0.488 e. The second-order valence-electron chi connectivity index (χ2n) is 22.2. The number of benzene rings is 3. The second-order valence-corrected chi connectivity index (χ2v) is 22.2. The van der Waals surface area contributed by atoms with Gasteiger partial charge in [0.15, 0.2) is 0 Å². The van der Waals surface area contributed by atoms with E-state index in [1.54, 1.807) is 74.8 Å². The number of carbonyl (C=O) groups excluding carboxylic acids is 7. The number of likely N-dealkylation sites (N-methyl/N-ethyl adjacent to an activating group) is 1. The SMILES string of the molecule is CC(C)C[C@H](NC(=O)[C@H](CNCc1ccc(B(O)O)cc1C(F)(F)F)NC(=O)[C@@H]1CCCN1)C(=O)N1C[C@H](O)C[C@H]1C(=O)N[C@@H](Cc1c[nH]c2ccccc12)C(=O)N[C@@H](CCN)C(=O)N[C@@H](Cc1cn(CC(=O)O)c2ccccc12)C(=O)N(C)C. The van der Waals surface area contributed by atoms with Crippen LogP contribution in [0.2, 0.25) is 0 Å². The minimum Gasteiger partial charge on any atom is -0.480 e. The van der Waals surface area contributed by atoms with Gasteiger partial charge in [0.1, 0.15) is 42.8 Å². The number of hydrogen-bond donors (Lipinski definition) is 13. The molecule has 2 saturated heterocycles. The first-order valence-electron chi connectivity index (χ1n) is 28.1. The summed E-state index contributed by atoms with van der Waals surface area (Å²) < 4.78 is 44.0. The van der Waals surface area contributed by atoms with E-state index in [1.807, 2.05) is 0 Å². The second kappa shape index (κ2) is 28.8. The lowest BCUT2D eigenvalue weighted by Gasteiger charge is -2.31. The van der Waals surface area contributed by atoms with Crippen molar-refractivity contribution in [2.75, 3.05) is 40.3 Å². The van der Waals surface area contributed by atoms with Gasteiger partial charge in [0.25, 0.3) is 0 Å². The molecule has 0 spiro atoms. The molecule has 458 valence electrons. The molecular formula is C57H74BF3N12O12. The standard InChI is InChI=1S/C57H74BF3N12O12/c1-31(2)20-44(68-53(80)46(70-50(77)41-13-9-19-64-41)27-63-25-32-15-16-35(58(84)85)23-39(32)57(59,60)61)56(83)73-29-36(74)24-48(73)54(81)67-43(21-33-26-65-40-12-7-5-10-37(33)40)52(79)66-42(17-18-62)51(78)69-45(55(82)71(3)4)22-34-28-72(30-49(75)76)47-14-8-6-11-38(34)47/h5-8,10-12,14-16,23,26,28,31,36,41-46,48,63-65,74,84-85H,9,13,17-22,24-25,27,29-30,62H2,1-4H3,(H,66,79)(H,67,81)(H,68,80)(H,69,78)(H,70,77)(H,75,76)/t36-,41+,42+,43+,44+,45+,46+,48+/m1/s1. The van der Waals surface area contributed by atoms with Gasteiger partial charge in [-0.05, 0) is 85.0 Å². The van der Waals surface area contributed by atoms with Crippen LogP contribution in [-0.4, -0.2) is 183 Å². The quantitative estimate of drug-likeness (QED) is 0.0284. The Labute approximate surface area is 488 Å². The van der Waals surface area contributed by atoms with Crippen LogP contribution in [-0.2, 0) is 70.5 Å². The van der Waals surface area contributed by atoms with Crippen molar-refractivity contribution < 1.29 is 71.8 Å². The number of aromatic nitrogens is 2. The predicted octanol–water partition coefficient (Wildman–Crippen LogP) is -0.898. The lowest BCUT2D eigenvalue weighted by atomic mass is 9.78. The highest BCUT2D eigenvalue weighted by molar-refractivity contribution is 6.58. The van der Waals surface area contributed by atoms with E-state index in [-0.39, 0.29) is 63.2 Å². The summed E-state index contributed by atoms with van der Waals surface area (Å²) >= 11 is 0. The number of aromatic amines is 1. The molecule has 0 bridgehead atoms. The summed E-state index contributed by atoms with van der Waals surface area (Å²) in [6.07, 6.45) is -2.50. The Morgan fingerprint density at radius 3 is 2.11 bits per heavy atom. The average Bonchev–Trinajstić information content (AvgIpc) is 3.93. The number of nitrogens with one attached hydrogen (secondary N) is 8. The molecule has 2 aliphatic heterocycles. The van der Waals surface area contributed by atoms with Gasteiger partial charge < -0.3 is 82.6 Å². The van der Waals surface area contributed by atoms with E-state index in [9.17, 15) is 71.8 Å². The molecule has 0 saturated carbocycles. The zero-order valence-electron chi connectivity index (χ0n) is 47.6. The third kappa shape index (κ3) is 16.7. The molecule has 2 aromatic heterocycles. The number of carboxylic acid groups (broad SMARTS) is 1. The van der Waals surface area contributed by atoms with Gasteiger partial charge in [0, 0.05) is 87.2 Å². The minimum absolute atomic E-state index is 0.0208. The Hall–Kier alpha value is -7.89. The smallest absolute Gasteiger partial charge is 0.480 e. The Bertz CT molecular complexity index is 3220. The molecule has 28 heteroatoms. The number of carbonyl (C=O) groups is 8. The number of alkyl halides is 3. The highest BCUT2D eigenvalue weighted by Gasteiger charge is 2.44. The lowest BCUT2D eigenvalue weighted by Crippen LogP contribution is -2.61. The first-order valence-corrected chi connectivity index (χ1v) is 28.1. The van der Waals surface area contributed by atoms with Gasteiger partial charge in [0.2, 0.25) is 41.4 Å². The molecule has 85 heavy (non-hydrogen) atoms. The summed E-state index contributed by atoms with van der Waals surface area (Å²) in [6, 6.07) is 7.89. The molecule has 4 heterocycles. The van der Waals surface area contributed by atoms with Crippen molar-refractivity contribution in [1.82, 2.24) is 56.6 Å². The van der Waals surface area contributed by atoms with Gasteiger partial charge in [0.05, 0.1) is 17.7 Å². The molecule has 24 nitrogen and oxygen atoms in total. The van der Waals surface area contributed by atoms with Crippen LogP contribution in [0.5, 0.6) is 0 Å². The van der Waals surface area contributed by atoms with E-state index >= 15 is 0 Å². The van der Waals surface area contributed by atoms with E-state index in [2.05, 4.69) is 42.2 Å². The van der Waals surface area contributed by atoms with Crippen molar-refractivity contribution in [2.45, 2.75) is 126 Å². The Balaban J connectivity index is 1.11. The Morgan fingerprint density at radius 2 is 1.45 bits per heavy atom. The van der Waals surface area contributed by atoms with Crippen LogP contribution in [0.25, 0.3) is 21.8 Å². The van der Waals surface area contributed by atoms with Gasteiger partial charge in [-0.25, -0.2) is 0 Å². The molecule has 5 aromatic rings. The molecule has 0 unspecified atom stereocenters. The van der Waals surface area contributed by atoms with Crippen LogP contribution >= 0.6 is 0 Å². The number of amides is 7. The van der Waals surface area contributed by atoms with Gasteiger partial charge in [-0.3, -0.25) is 38.4 Å². The summed E-state index contributed by atoms with van der Waals surface area (Å²) in [7, 11) is 0.822. The van der Waals surface area contributed by atoms with Crippen molar-refractivity contribution in [3.8, 4) is 0 Å². The molecule has 7 amide bonds. The van der Waals surface area contributed by atoms with E-state index in [0.29, 0.717) is 58.4 Å². The van der Waals surface area contributed by atoms with Crippen molar-refractivity contribution in [3.63, 3.8) is 0 Å². The predicted molar refractivity (Wildman–Crippen MR) is 307 cm³/mol. The van der Waals surface area contributed by atoms with Crippen LogP contribution in [0.1, 0.15) is 68.2 Å². The first kappa shape index (κ1) is 64.7. The zero-order chi connectivity index (χ0) is 61.9. The van der Waals surface area contributed by atoms with Gasteiger partial charge in [-0.15, -0.1) is 0 Å². The summed E-state index contributed by atoms with van der Waals surface area (Å²) in [5, 5.41) is 60.6. The van der Waals surface area contributed by atoms with Crippen molar-refractivity contribution in [2.24, 2.45) is 11.7 Å². The number of likely N-dealkylation sites (tertiary alicyclic amines) is 1. The average molecular weight is 1190 g/mol. The molecule has 3 aromatic carbocycles. The Morgan fingerprint density at radius 1 is 0.800 bits per heavy atom. The number of para-hydroxylation sites is 2. The highest BCUT2D eigenvalue weighted by atomic mass is 19.4. The Kier molecular flexibility index (Phi) is 21.9. The third-order valence-electron chi connectivity index (χ3n) is 15.1. The van der Waals surface area contributed by atoms with Crippen LogP contribution in [0.3, 0.4) is 0 Å². The molecule has 2 aliphatic rings. The number of aliphatic hydroxyl groups is 1. The number of β-amino-alcohol motifs (C(OH)–C–C–N with tert-alkyl or cyclic N) is 1. The monoisotopic (exact) mass is 1190 g/mol. The molecule has 14 N–H and O–H groups in total. The first-order chi connectivity index (χ1) is 40.3. The minimum atomic E-state index is -4.90. The van der Waals surface area contributed by atoms with Crippen molar-refractivity contribution in [3.05, 3.63) is 101 Å². The summed E-state index contributed by atoms with van der Waals surface area (Å²) in [4.78, 5) is 118. The maximum atomic E-state index is 14.8. The maximum absolute atomic E-state index is 14.8. The van der Waals surface area contributed by atoms with Crippen molar-refractivity contribution >= 4 is 81.7 Å². The van der Waals surface area contributed by atoms with Crippen molar-refractivity contribution in [1.29, 1.82) is 0 Å². The van der Waals surface area contributed by atoms with Crippen LogP contribution < -0.4 is 48.4 Å². The van der Waals surface area contributed by atoms with E-state index in [0.717, 1.165) is 17.0 Å².